The van der Waals surface area contributed by atoms with Gasteiger partial charge in [-0.15, -0.1) is 0 Å². The van der Waals surface area contributed by atoms with Crippen molar-refractivity contribution in [2.45, 2.75) is 0 Å². The Balaban J connectivity index is 2.14. The molecule has 0 fully saturated rings. The zero-order valence-electron chi connectivity index (χ0n) is 9.82. The Hall–Kier alpha value is -1.98. The molecule has 0 radical (unpaired) electrons. The van der Waals surface area contributed by atoms with Gasteiger partial charge in [0.1, 0.15) is 11.6 Å². The van der Waals surface area contributed by atoms with Gasteiger partial charge in [0.25, 0.3) is 5.91 Å². The molecule has 0 saturated heterocycles. The average Bonchev–Trinajstić information content (AvgIpc) is 2.70. The SMILES string of the molecule is O=C1Nc2nc(Cl)ncc2C1=Cc1cccc(Cl)c1F. The van der Waals surface area contributed by atoms with Gasteiger partial charge in [0, 0.05) is 17.3 Å². The summed E-state index contributed by atoms with van der Waals surface area (Å²) >= 11 is 11.4. The highest BCUT2D eigenvalue weighted by Crippen LogP contribution is 2.32. The molecule has 20 heavy (non-hydrogen) atoms. The van der Waals surface area contributed by atoms with E-state index < -0.39 is 11.7 Å². The van der Waals surface area contributed by atoms with Crippen molar-refractivity contribution >= 4 is 46.6 Å². The van der Waals surface area contributed by atoms with E-state index in [9.17, 15) is 9.18 Å². The number of benzene rings is 1. The second-order valence-electron chi connectivity index (χ2n) is 4.06. The Bertz CT molecular complexity index is 761. The van der Waals surface area contributed by atoms with Crippen molar-refractivity contribution in [3.8, 4) is 0 Å². The number of amides is 1. The van der Waals surface area contributed by atoms with Crippen molar-refractivity contribution in [2.75, 3.05) is 5.32 Å². The third-order valence-electron chi connectivity index (χ3n) is 2.81. The van der Waals surface area contributed by atoms with E-state index in [1.165, 1.54) is 24.4 Å². The van der Waals surface area contributed by atoms with Gasteiger partial charge in [-0.2, -0.15) is 4.98 Å². The van der Waals surface area contributed by atoms with Crippen molar-refractivity contribution in [3.05, 3.63) is 51.6 Å². The Morgan fingerprint density at radius 3 is 2.90 bits per heavy atom. The van der Waals surface area contributed by atoms with Crippen LogP contribution in [0.5, 0.6) is 0 Å². The summed E-state index contributed by atoms with van der Waals surface area (Å²) in [5, 5.41) is 2.56. The van der Waals surface area contributed by atoms with Crippen LogP contribution in [-0.4, -0.2) is 15.9 Å². The summed E-state index contributed by atoms with van der Waals surface area (Å²) in [7, 11) is 0. The van der Waals surface area contributed by atoms with Gasteiger partial charge in [0.15, 0.2) is 0 Å². The van der Waals surface area contributed by atoms with E-state index >= 15 is 0 Å². The highest BCUT2D eigenvalue weighted by atomic mass is 35.5. The number of halogens is 3. The summed E-state index contributed by atoms with van der Waals surface area (Å²) in [6.07, 6.45) is 2.82. The van der Waals surface area contributed by atoms with E-state index in [-0.39, 0.29) is 21.4 Å². The quantitative estimate of drug-likeness (QED) is 0.648. The van der Waals surface area contributed by atoms with Gasteiger partial charge >= 0.3 is 0 Å². The van der Waals surface area contributed by atoms with E-state index in [2.05, 4.69) is 15.3 Å². The molecular weight excluding hydrogens is 304 g/mol. The number of nitrogens with zero attached hydrogens (tertiary/aromatic N) is 2. The molecule has 7 heteroatoms. The van der Waals surface area contributed by atoms with E-state index in [4.69, 9.17) is 23.2 Å². The number of carbonyl (C=O) groups excluding carboxylic acids is 1. The van der Waals surface area contributed by atoms with Gasteiger partial charge in [-0.25, -0.2) is 9.37 Å². The van der Waals surface area contributed by atoms with Crippen LogP contribution in [0, 0.1) is 5.82 Å². The lowest BCUT2D eigenvalue weighted by Gasteiger charge is -2.01. The largest absolute Gasteiger partial charge is 0.306 e. The first-order valence-corrected chi connectivity index (χ1v) is 6.32. The number of aromatic nitrogens is 2. The van der Waals surface area contributed by atoms with E-state index in [0.717, 1.165) is 0 Å². The van der Waals surface area contributed by atoms with Crippen LogP contribution in [0.4, 0.5) is 10.2 Å². The van der Waals surface area contributed by atoms with E-state index in [1.54, 1.807) is 6.07 Å². The molecular formula is C13H6Cl2FN3O. The summed E-state index contributed by atoms with van der Waals surface area (Å²) in [6, 6.07) is 4.56. The van der Waals surface area contributed by atoms with Crippen LogP contribution in [0.2, 0.25) is 10.3 Å². The molecule has 1 aliphatic rings. The van der Waals surface area contributed by atoms with Crippen molar-refractivity contribution in [2.24, 2.45) is 0 Å². The molecule has 1 N–H and O–H groups in total. The first-order valence-electron chi connectivity index (χ1n) is 5.56. The molecule has 1 aromatic heterocycles. The van der Waals surface area contributed by atoms with Crippen LogP contribution < -0.4 is 5.32 Å². The predicted octanol–water partition coefficient (Wildman–Crippen LogP) is 3.42. The topological polar surface area (TPSA) is 54.9 Å². The fraction of sp³-hybridized carbons (Fsp3) is 0. The molecule has 1 aromatic carbocycles. The summed E-state index contributed by atoms with van der Waals surface area (Å²) in [5.74, 6) is -0.669. The summed E-state index contributed by atoms with van der Waals surface area (Å²) in [4.78, 5) is 19.6. The lowest BCUT2D eigenvalue weighted by molar-refractivity contribution is -0.110. The Morgan fingerprint density at radius 2 is 2.10 bits per heavy atom. The molecule has 2 heterocycles. The van der Waals surface area contributed by atoms with Gasteiger partial charge in [-0.3, -0.25) is 4.79 Å². The number of rotatable bonds is 1. The molecule has 0 bridgehead atoms. The molecule has 0 aliphatic carbocycles. The minimum absolute atomic E-state index is 0.00895. The number of anilines is 1. The van der Waals surface area contributed by atoms with Crippen LogP contribution in [0.1, 0.15) is 11.1 Å². The van der Waals surface area contributed by atoms with Crippen LogP contribution in [0.15, 0.2) is 24.4 Å². The Kier molecular flexibility index (Phi) is 3.16. The molecule has 0 atom stereocenters. The number of nitrogens with one attached hydrogen (secondary N) is 1. The maximum absolute atomic E-state index is 13.9. The van der Waals surface area contributed by atoms with Gasteiger partial charge in [0.05, 0.1) is 10.6 Å². The third-order valence-corrected chi connectivity index (χ3v) is 3.28. The van der Waals surface area contributed by atoms with Crippen molar-refractivity contribution in [1.29, 1.82) is 0 Å². The van der Waals surface area contributed by atoms with Crippen molar-refractivity contribution in [1.82, 2.24) is 9.97 Å². The predicted molar refractivity (Wildman–Crippen MR) is 75.0 cm³/mol. The zero-order chi connectivity index (χ0) is 14.3. The molecule has 2 aromatic rings. The lowest BCUT2D eigenvalue weighted by atomic mass is 10.1. The van der Waals surface area contributed by atoms with E-state index in [1.807, 2.05) is 0 Å². The van der Waals surface area contributed by atoms with Crippen molar-refractivity contribution in [3.63, 3.8) is 0 Å². The fourth-order valence-electron chi connectivity index (χ4n) is 1.88. The number of hydrogen-bond donors (Lipinski definition) is 1. The van der Waals surface area contributed by atoms with Crippen molar-refractivity contribution < 1.29 is 9.18 Å². The Labute approximate surface area is 123 Å². The lowest BCUT2D eigenvalue weighted by Crippen LogP contribution is -2.04. The standard InChI is InChI=1S/C13H6Cl2FN3O/c14-9-3-1-2-6(10(9)16)4-7-8-5-17-13(15)19-11(8)18-12(7)20/h1-5H,(H,17,18,19,20). The monoisotopic (exact) mass is 309 g/mol. The number of hydrogen-bond acceptors (Lipinski definition) is 3. The molecule has 1 amide bonds. The number of fused-ring (bicyclic) bond motifs is 1. The zero-order valence-corrected chi connectivity index (χ0v) is 11.3. The normalized spacial score (nSPS) is 15.3. The summed E-state index contributed by atoms with van der Waals surface area (Å²) < 4.78 is 13.9. The minimum Gasteiger partial charge on any atom is -0.306 e. The molecule has 0 saturated carbocycles. The molecule has 4 nitrogen and oxygen atoms in total. The van der Waals surface area contributed by atoms with Gasteiger partial charge < -0.3 is 5.32 Å². The first kappa shape index (κ1) is 13.0. The van der Waals surface area contributed by atoms with Crippen LogP contribution in [0.25, 0.3) is 11.6 Å². The summed E-state index contributed by atoms with van der Waals surface area (Å²) in [5.41, 5.74) is 0.946. The van der Waals surface area contributed by atoms with Crippen LogP contribution in [-0.2, 0) is 4.79 Å². The molecule has 3 rings (SSSR count). The molecule has 0 spiro atoms. The maximum Gasteiger partial charge on any atom is 0.257 e. The van der Waals surface area contributed by atoms with Crippen LogP contribution in [0.3, 0.4) is 0 Å². The van der Waals surface area contributed by atoms with Gasteiger partial charge in [-0.1, -0.05) is 23.7 Å². The highest BCUT2D eigenvalue weighted by molar-refractivity contribution is 6.35. The van der Waals surface area contributed by atoms with Gasteiger partial charge in [0.2, 0.25) is 5.28 Å². The molecule has 0 unspecified atom stereocenters. The maximum atomic E-state index is 13.9. The third kappa shape index (κ3) is 2.15. The average molecular weight is 310 g/mol. The fourth-order valence-corrected chi connectivity index (χ4v) is 2.20. The second-order valence-corrected chi connectivity index (χ2v) is 4.80. The second kappa shape index (κ2) is 4.85. The summed E-state index contributed by atoms with van der Waals surface area (Å²) in [6.45, 7) is 0. The Morgan fingerprint density at radius 1 is 1.30 bits per heavy atom. The smallest absolute Gasteiger partial charge is 0.257 e. The van der Waals surface area contributed by atoms with Crippen LogP contribution >= 0.6 is 23.2 Å². The number of carbonyl (C=O) groups is 1. The highest BCUT2D eigenvalue weighted by Gasteiger charge is 2.26. The first-order chi connectivity index (χ1) is 9.56. The minimum atomic E-state index is -0.585. The van der Waals surface area contributed by atoms with Gasteiger partial charge in [-0.05, 0) is 23.7 Å². The molecule has 1 aliphatic heterocycles. The molecule has 100 valence electrons. The van der Waals surface area contributed by atoms with E-state index in [0.29, 0.717) is 11.4 Å².